The molecule has 1 atom stereocenters. The van der Waals surface area contributed by atoms with Crippen LogP contribution in [0, 0.1) is 0 Å². The van der Waals surface area contributed by atoms with Gasteiger partial charge in [0, 0.05) is 12.0 Å². The summed E-state index contributed by atoms with van der Waals surface area (Å²) in [6, 6.07) is 20.6. The number of carbonyl (C=O) groups is 2. The third kappa shape index (κ3) is 4.95. The molecule has 3 aromatic rings. The number of rotatable bonds is 7. The minimum Gasteiger partial charge on any atom is -0.496 e. The number of carbonyl (C=O) groups excluding carboxylic acids is 1. The first-order valence-corrected chi connectivity index (χ1v) is 9.38. The number of amides is 1. The number of halogens is 1. The van der Waals surface area contributed by atoms with E-state index in [2.05, 4.69) is 5.32 Å². The van der Waals surface area contributed by atoms with Gasteiger partial charge in [-0.3, -0.25) is 4.79 Å². The van der Waals surface area contributed by atoms with E-state index in [1.165, 1.54) is 0 Å². The molecule has 3 rings (SSSR count). The van der Waals surface area contributed by atoms with Crippen molar-refractivity contribution in [1.29, 1.82) is 0 Å². The summed E-state index contributed by atoms with van der Waals surface area (Å²) in [6.45, 7) is 0. The van der Waals surface area contributed by atoms with Crippen molar-refractivity contribution in [2.45, 2.75) is 12.5 Å². The Hall–Kier alpha value is -3.31. The average Bonchev–Trinajstić information content (AvgIpc) is 2.74. The molecule has 2 N–H and O–H groups in total. The SMILES string of the molecule is COc1ccccc1-c1ccc(CC(NC(=O)c2ccccc2Cl)C(=O)O)cc1. The van der Waals surface area contributed by atoms with E-state index >= 15 is 0 Å². The smallest absolute Gasteiger partial charge is 0.326 e. The third-order valence-electron chi connectivity index (χ3n) is 4.53. The summed E-state index contributed by atoms with van der Waals surface area (Å²) in [5.74, 6) is -0.872. The molecule has 0 aliphatic carbocycles. The normalized spacial score (nSPS) is 11.5. The van der Waals surface area contributed by atoms with Gasteiger partial charge in [-0.1, -0.05) is 66.2 Å². The fourth-order valence-electron chi connectivity index (χ4n) is 3.02. The molecule has 5 nitrogen and oxygen atoms in total. The van der Waals surface area contributed by atoms with Crippen LogP contribution in [0.15, 0.2) is 72.8 Å². The molecular weight excluding hydrogens is 390 g/mol. The van der Waals surface area contributed by atoms with Crippen molar-refractivity contribution < 1.29 is 19.4 Å². The lowest BCUT2D eigenvalue weighted by Gasteiger charge is -2.16. The second kappa shape index (κ2) is 9.26. The van der Waals surface area contributed by atoms with Crippen LogP contribution in [0.5, 0.6) is 5.75 Å². The fourth-order valence-corrected chi connectivity index (χ4v) is 3.24. The summed E-state index contributed by atoms with van der Waals surface area (Å²) in [4.78, 5) is 24.1. The van der Waals surface area contributed by atoms with Crippen molar-refractivity contribution in [3.63, 3.8) is 0 Å². The highest BCUT2D eigenvalue weighted by molar-refractivity contribution is 6.33. The minimum absolute atomic E-state index is 0.151. The first kappa shape index (κ1) is 20.4. The maximum Gasteiger partial charge on any atom is 0.326 e. The van der Waals surface area contributed by atoms with Gasteiger partial charge >= 0.3 is 5.97 Å². The number of nitrogens with one attached hydrogen (secondary N) is 1. The molecule has 0 aliphatic rings. The highest BCUT2D eigenvalue weighted by Crippen LogP contribution is 2.29. The van der Waals surface area contributed by atoms with Crippen molar-refractivity contribution in [2.24, 2.45) is 0 Å². The van der Waals surface area contributed by atoms with Crippen molar-refractivity contribution in [1.82, 2.24) is 5.32 Å². The molecule has 29 heavy (non-hydrogen) atoms. The summed E-state index contributed by atoms with van der Waals surface area (Å²) in [5, 5.41) is 12.4. The van der Waals surface area contributed by atoms with Crippen molar-refractivity contribution in [3.05, 3.63) is 88.9 Å². The summed E-state index contributed by atoms with van der Waals surface area (Å²) >= 11 is 6.02. The van der Waals surface area contributed by atoms with Crippen LogP contribution in [0.4, 0.5) is 0 Å². The number of para-hydroxylation sites is 1. The van der Waals surface area contributed by atoms with E-state index in [0.717, 1.165) is 22.4 Å². The summed E-state index contributed by atoms with van der Waals surface area (Å²) in [6.07, 6.45) is 0.151. The van der Waals surface area contributed by atoms with Gasteiger partial charge in [0.2, 0.25) is 0 Å². The molecule has 0 heterocycles. The van der Waals surface area contributed by atoms with Crippen molar-refractivity contribution in [3.8, 4) is 16.9 Å². The van der Waals surface area contributed by atoms with E-state index in [1.807, 2.05) is 48.5 Å². The molecule has 0 aromatic heterocycles. The fraction of sp³-hybridized carbons (Fsp3) is 0.130. The van der Waals surface area contributed by atoms with Gasteiger partial charge in [0.1, 0.15) is 11.8 Å². The molecule has 0 aliphatic heterocycles. The van der Waals surface area contributed by atoms with Gasteiger partial charge < -0.3 is 15.2 Å². The number of hydrogen-bond donors (Lipinski definition) is 2. The lowest BCUT2D eigenvalue weighted by molar-refractivity contribution is -0.139. The van der Waals surface area contributed by atoms with Crippen LogP contribution in [0.2, 0.25) is 5.02 Å². The van der Waals surface area contributed by atoms with E-state index in [-0.39, 0.29) is 17.0 Å². The Morgan fingerprint density at radius 2 is 1.66 bits per heavy atom. The van der Waals surface area contributed by atoms with Crippen LogP contribution in [0.1, 0.15) is 15.9 Å². The van der Waals surface area contributed by atoms with E-state index < -0.39 is 17.9 Å². The molecule has 6 heteroatoms. The zero-order chi connectivity index (χ0) is 20.8. The quantitative estimate of drug-likeness (QED) is 0.604. The van der Waals surface area contributed by atoms with Crippen molar-refractivity contribution >= 4 is 23.5 Å². The average molecular weight is 410 g/mol. The highest BCUT2D eigenvalue weighted by atomic mass is 35.5. The van der Waals surface area contributed by atoms with E-state index in [9.17, 15) is 14.7 Å². The van der Waals surface area contributed by atoms with Crippen LogP contribution in [0.25, 0.3) is 11.1 Å². The molecule has 0 bridgehead atoms. The van der Waals surface area contributed by atoms with Gasteiger partial charge in [-0.15, -0.1) is 0 Å². The van der Waals surface area contributed by atoms with Gasteiger partial charge in [0.25, 0.3) is 5.91 Å². The molecule has 148 valence electrons. The Balaban J connectivity index is 1.75. The van der Waals surface area contributed by atoms with Crippen LogP contribution < -0.4 is 10.1 Å². The van der Waals surface area contributed by atoms with Gasteiger partial charge in [-0.05, 0) is 29.3 Å². The lowest BCUT2D eigenvalue weighted by Crippen LogP contribution is -2.42. The largest absolute Gasteiger partial charge is 0.496 e. The number of ether oxygens (including phenoxy) is 1. The third-order valence-corrected chi connectivity index (χ3v) is 4.86. The molecule has 0 radical (unpaired) electrons. The Morgan fingerprint density at radius 1 is 1.00 bits per heavy atom. The zero-order valence-electron chi connectivity index (χ0n) is 15.8. The molecular formula is C23H20ClNO4. The maximum atomic E-state index is 12.4. The van der Waals surface area contributed by atoms with Gasteiger partial charge in [0.15, 0.2) is 0 Å². The van der Waals surface area contributed by atoms with Crippen LogP contribution in [0.3, 0.4) is 0 Å². The number of carboxylic acids is 1. The number of methoxy groups -OCH3 is 1. The molecule has 1 unspecified atom stereocenters. The molecule has 1 amide bonds. The molecule has 0 fully saturated rings. The summed E-state index contributed by atoms with van der Waals surface area (Å²) in [5.41, 5.74) is 2.93. The molecule has 0 saturated heterocycles. The Kier molecular flexibility index (Phi) is 6.52. The van der Waals surface area contributed by atoms with Crippen LogP contribution in [-0.4, -0.2) is 30.1 Å². The first-order valence-electron chi connectivity index (χ1n) is 9.00. The lowest BCUT2D eigenvalue weighted by atomic mass is 10.00. The van der Waals surface area contributed by atoms with E-state index in [0.29, 0.717) is 0 Å². The van der Waals surface area contributed by atoms with E-state index in [4.69, 9.17) is 16.3 Å². The van der Waals surface area contributed by atoms with E-state index in [1.54, 1.807) is 31.4 Å². The zero-order valence-corrected chi connectivity index (χ0v) is 16.5. The topological polar surface area (TPSA) is 75.6 Å². The Labute approximate surface area is 173 Å². The molecule has 0 spiro atoms. The highest BCUT2D eigenvalue weighted by Gasteiger charge is 2.22. The van der Waals surface area contributed by atoms with Gasteiger partial charge in [-0.2, -0.15) is 0 Å². The summed E-state index contributed by atoms with van der Waals surface area (Å²) in [7, 11) is 1.62. The molecule has 0 saturated carbocycles. The Morgan fingerprint density at radius 3 is 2.31 bits per heavy atom. The maximum absolute atomic E-state index is 12.4. The number of aliphatic carboxylic acids is 1. The molecule has 3 aromatic carbocycles. The number of benzene rings is 3. The minimum atomic E-state index is -1.11. The monoisotopic (exact) mass is 409 g/mol. The standard InChI is InChI=1S/C23H20ClNO4/c1-29-21-9-5-3-6-17(21)16-12-10-15(11-13-16)14-20(23(27)28)25-22(26)18-7-2-4-8-19(18)24/h2-13,20H,14H2,1H3,(H,25,26)(H,27,28). The Bertz CT molecular complexity index is 1020. The number of carboxylic acid groups (broad SMARTS) is 1. The number of hydrogen-bond acceptors (Lipinski definition) is 3. The van der Waals surface area contributed by atoms with Gasteiger partial charge in [0.05, 0.1) is 17.7 Å². The van der Waals surface area contributed by atoms with Crippen molar-refractivity contribution in [2.75, 3.05) is 7.11 Å². The first-order chi connectivity index (χ1) is 14.0. The summed E-state index contributed by atoms with van der Waals surface area (Å²) < 4.78 is 5.39. The second-order valence-electron chi connectivity index (χ2n) is 6.45. The van der Waals surface area contributed by atoms with Crippen LogP contribution in [-0.2, 0) is 11.2 Å². The predicted molar refractivity (Wildman–Crippen MR) is 112 cm³/mol. The second-order valence-corrected chi connectivity index (χ2v) is 6.85. The van der Waals surface area contributed by atoms with Crippen LogP contribution >= 0.6 is 11.6 Å². The van der Waals surface area contributed by atoms with Gasteiger partial charge in [-0.25, -0.2) is 4.79 Å². The predicted octanol–water partition coefficient (Wildman–Crippen LogP) is 4.44.